The van der Waals surface area contributed by atoms with Crippen molar-refractivity contribution in [1.82, 2.24) is 4.98 Å². The fourth-order valence-electron chi connectivity index (χ4n) is 1.45. The lowest BCUT2D eigenvalue weighted by Gasteiger charge is -2.17. The molecule has 1 unspecified atom stereocenters. The summed E-state index contributed by atoms with van der Waals surface area (Å²) in [4.78, 5) is 3.70. The van der Waals surface area contributed by atoms with Gasteiger partial charge in [0.2, 0.25) is 0 Å². The molecule has 0 aromatic carbocycles. The van der Waals surface area contributed by atoms with Crippen LogP contribution in [0.5, 0.6) is 0 Å². The first kappa shape index (κ1) is 13.8. The molecule has 17 heavy (non-hydrogen) atoms. The molecule has 2 N–H and O–H groups in total. The average Bonchev–Trinajstić information content (AvgIpc) is 2.25. The van der Waals surface area contributed by atoms with Gasteiger partial charge in [0.15, 0.2) is 0 Å². The number of nitrogens with one attached hydrogen (secondary N) is 1. The molecule has 0 aliphatic carbocycles. The first-order valence-electron chi connectivity index (χ1n) is 5.34. The van der Waals surface area contributed by atoms with Crippen LogP contribution in [0.3, 0.4) is 0 Å². The Kier molecular flexibility index (Phi) is 4.74. The van der Waals surface area contributed by atoms with Gasteiger partial charge in [-0.05, 0) is 31.9 Å². The van der Waals surface area contributed by atoms with Crippen LogP contribution in [-0.4, -0.2) is 22.7 Å². The van der Waals surface area contributed by atoms with E-state index in [0.29, 0.717) is 12.8 Å². The lowest BCUT2D eigenvalue weighted by Crippen LogP contribution is -2.20. The molecule has 1 atom stereocenters. The number of hydrogen-bond acceptors (Lipinski definition) is 3. The number of anilines is 1. The Balaban J connectivity index is 2.77. The zero-order chi connectivity index (χ0) is 12.9. The summed E-state index contributed by atoms with van der Waals surface area (Å²) in [5.41, 5.74) is -0.768. The van der Waals surface area contributed by atoms with E-state index in [1.54, 1.807) is 6.92 Å². The van der Waals surface area contributed by atoms with Crippen LogP contribution < -0.4 is 5.32 Å². The second-order valence-corrected chi connectivity index (χ2v) is 3.81. The molecule has 1 heterocycles. The predicted molar refractivity (Wildman–Crippen MR) is 58.6 cm³/mol. The number of aliphatic hydroxyl groups is 1. The van der Waals surface area contributed by atoms with Gasteiger partial charge in [0, 0.05) is 18.8 Å². The molecule has 3 nitrogen and oxygen atoms in total. The molecule has 0 bridgehead atoms. The van der Waals surface area contributed by atoms with Gasteiger partial charge in [-0.2, -0.15) is 13.2 Å². The van der Waals surface area contributed by atoms with Crippen molar-refractivity contribution in [1.29, 1.82) is 0 Å². The van der Waals surface area contributed by atoms with Crippen molar-refractivity contribution in [2.75, 3.05) is 11.9 Å². The number of pyridine rings is 1. The van der Waals surface area contributed by atoms with Crippen molar-refractivity contribution in [3.05, 3.63) is 23.9 Å². The smallest absolute Gasteiger partial charge is 0.396 e. The van der Waals surface area contributed by atoms with Crippen molar-refractivity contribution in [3.8, 4) is 0 Å². The highest BCUT2D eigenvalue weighted by molar-refractivity contribution is 5.46. The van der Waals surface area contributed by atoms with Crippen molar-refractivity contribution in [2.45, 2.75) is 32.0 Å². The number of halogens is 3. The zero-order valence-corrected chi connectivity index (χ0v) is 9.46. The summed E-state index contributed by atoms with van der Waals surface area (Å²) in [7, 11) is 0. The van der Waals surface area contributed by atoms with Gasteiger partial charge < -0.3 is 10.4 Å². The van der Waals surface area contributed by atoms with E-state index in [-0.39, 0.29) is 18.5 Å². The van der Waals surface area contributed by atoms with Gasteiger partial charge in [0.25, 0.3) is 0 Å². The van der Waals surface area contributed by atoms with Crippen LogP contribution in [0.1, 0.15) is 25.3 Å². The SMILES string of the molecule is CC(CCCO)Nc1ncccc1C(F)(F)F. The van der Waals surface area contributed by atoms with E-state index in [1.807, 2.05) is 0 Å². The van der Waals surface area contributed by atoms with E-state index in [0.717, 1.165) is 6.07 Å². The van der Waals surface area contributed by atoms with E-state index >= 15 is 0 Å². The Bertz CT molecular complexity index is 355. The minimum atomic E-state index is -4.41. The largest absolute Gasteiger partial charge is 0.419 e. The Morgan fingerprint density at radius 2 is 2.18 bits per heavy atom. The number of nitrogens with zero attached hydrogens (tertiary/aromatic N) is 1. The molecule has 1 aromatic rings. The molecule has 0 saturated carbocycles. The topological polar surface area (TPSA) is 45.1 Å². The van der Waals surface area contributed by atoms with Crippen LogP contribution in [-0.2, 0) is 6.18 Å². The lowest BCUT2D eigenvalue weighted by molar-refractivity contribution is -0.137. The maximum atomic E-state index is 12.6. The monoisotopic (exact) mass is 248 g/mol. The standard InChI is InChI=1S/C11H15F3N2O/c1-8(4-3-7-17)16-10-9(11(12,13)14)5-2-6-15-10/h2,5-6,8,17H,3-4,7H2,1H3,(H,15,16). The molecule has 0 spiro atoms. The molecule has 0 saturated heterocycles. The molecular formula is C11H15F3N2O. The normalized spacial score (nSPS) is 13.5. The van der Waals surface area contributed by atoms with E-state index in [1.165, 1.54) is 12.3 Å². The Labute approximate surface area is 97.7 Å². The molecular weight excluding hydrogens is 233 g/mol. The number of aromatic nitrogens is 1. The number of hydrogen-bond donors (Lipinski definition) is 2. The number of rotatable bonds is 5. The van der Waals surface area contributed by atoms with Gasteiger partial charge in [0.1, 0.15) is 5.82 Å². The Hall–Kier alpha value is -1.30. The summed E-state index contributed by atoms with van der Waals surface area (Å²) in [6.45, 7) is 1.78. The van der Waals surface area contributed by atoms with Crippen molar-refractivity contribution in [3.63, 3.8) is 0 Å². The van der Waals surface area contributed by atoms with Gasteiger partial charge in [-0.3, -0.25) is 0 Å². The fraction of sp³-hybridized carbons (Fsp3) is 0.545. The second-order valence-electron chi connectivity index (χ2n) is 3.81. The van der Waals surface area contributed by atoms with Crippen molar-refractivity contribution in [2.24, 2.45) is 0 Å². The van der Waals surface area contributed by atoms with Crippen molar-refractivity contribution >= 4 is 5.82 Å². The van der Waals surface area contributed by atoms with E-state index in [4.69, 9.17) is 5.11 Å². The summed E-state index contributed by atoms with van der Waals surface area (Å²) in [6.07, 6.45) is -1.96. The maximum Gasteiger partial charge on any atom is 0.419 e. The molecule has 0 fully saturated rings. The van der Waals surface area contributed by atoms with E-state index in [2.05, 4.69) is 10.3 Å². The Morgan fingerprint density at radius 1 is 1.47 bits per heavy atom. The third kappa shape index (κ3) is 4.22. The molecule has 0 radical (unpaired) electrons. The van der Waals surface area contributed by atoms with Crippen LogP contribution in [0.2, 0.25) is 0 Å². The van der Waals surface area contributed by atoms with E-state index in [9.17, 15) is 13.2 Å². The predicted octanol–water partition coefficient (Wildman–Crippen LogP) is 2.67. The highest BCUT2D eigenvalue weighted by atomic mass is 19.4. The van der Waals surface area contributed by atoms with Crippen LogP contribution in [0.15, 0.2) is 18.3 Å². The highest BCUT2D eigenvalue weighted by Crippen LogP contribution is 2.33. The van der Waals surface area contributed by atoms with Crippen LogP contribution in [0.25, 0.3) is 0 Å². The molecule has 0 amide bonds. The molecule has 1 aromatic heterocycles. The summed E-state index contributed by atoms with van der Waals surface area (Å²) in [6, 6.07) is 2.08. The quantitative estimate of drug-likeness (QED) is 0.842. The summed E-state index contributed by atoms with van der Waals surface area (Å²) in [5, 5.41) is 11.4. The van der Waals surface area contributed by atoms with Gasteiger partial charge >= 0.3 is 6.18 Å². The average molecular weight is 248 g/mol. The Morgan fingerprint density at radius 3 is 2.76 bits per heavy atom. The molecule has 6 heteroatoms. The first-order valence-corrected chi connectivity index (χ1v) is 5.34. The highest BCUT2D eigenvalue weighted by Gasteiger charge is 2.34. The van der Waals surface area contributed by atoms with Gasteiger partial charge in [-0.1, -0.05) is 0 Å². The third-order valence-corrected chi connectivity index (χ3v) is 2.29. The van der Waals surface area contributed by atoms with Crippen LogP contribution >= 0.6 is 0 Å². The third-order valence-electron chi connectivity index (χ3n) is 2.29. The van der Waals surface area contributed by atoms with Gasteiger partial charge in [-0.25, -0.2) is 4.98 Å². The maximum absolute atomic E-state index is 12.6. The van der Waals surface area contributed by atoms with Crippen LogP contribution in [0, 0.1) is 0 Å². The minimum Gasteiger partial charge on any atom is -0.396 e. The fourth-order valence-corrected chi connectivity index (χ4v) is 1.45. The van der Waals surface area contributed by atoms with Gasteiger partial charge in [-0.15, -0.1) is 0 Å². The van der Waals surface area contributed by atoms with E-state index < -0.39 is 11.7 Å². The molecule has 1 rings (SSSR count). The zero-order valence-electron chi connectivity index (χ0n) is 9.46. The minimum absolute atomic E-state index is 0.0281. The molecule has 0 aliphatic rings. The summed E-state index contributed by atoms with van der Waals surface area (Å²) >= 11 is 0. The summed E-state index contributed by atoms with van der Waals surface area (Å²) in [5.74, 6) is -0.162. The van der Waals surface area contributed by atoms with Crippen molar-refractivity contribution < 1.29 is 18.3 Å². The second kappa shape index (κ2) is 5.86. The number of alkyl halides is 3. The molecule has 0 aliphatic heterocycles. The number of aliphatic hydroxyl groups excluding tert-OH is 1. The van der Waals surface area contributed by atoms with Crippen LogP contribution in [0.4, 0.5) is 19.0 Å². The molecule has 96 valence electrons. The summed E-state index contributed by atoms with van der Waals surface area (Å²) < 4.78 is 37.9. The lowest BCUT2D eigenvalue weighted by atomic mass is 10.1. The van der Waals surface area contributed by atoms with Gasteiger partial charge in [0.05, 0.1) is 5.56 Å². The first-order chi connectivity index (χ1) is 7.95.